The van der Waals surface area contributed by atoms with Crippen LogP contribution in [0.25, 0.3) is 0 Å². The molecule has 3 N–H and O–H groups in total. The second-order valence-corrected chi connectivity index (χ2v) is 28.9. The van der Waals surface area contributed by atoms with Crippen molar-refractivity contribution in [3.8, 4) is 0 Å². The standard InChI is InChI=1S/C72H140O17P2/c1-5-9-13-17-21-25-27-29-31-32-33-34-35-37-39-41-43-47-51-55-59-72(77)89-68(63-83-70(75)57-53-49-46-42-40-38-36-30-28-26-22-18-14-10-6-2)65-87-91(80,81)85-61-66(73)60-84-90(78,79)86-64-67(88-71(76)58-54-50-45-24-20-16-12-8-4)62-82-69(74)56-52-48-44-23-19-15-11-7-3/h66-68,73H,5-65H2,1-4H3,(H,78,79)(H,80,81)/t66-,67+,68+/m0/s1. The van der Waals surface area contributed by atoms with Crippen LogP contribution in [0.5, 0.6) is 0 Å². The predicted molar refractivity (Wildman–Crippen MR) is 368 cm³/mol. The van der Waals surface area contributed by atoms with Crippen LogP contribution in [0.15, 0.2) is 0 Å². The molecule has 0 saturated carbocycles. The van der Waals surface area contributed by atoms with Crippen LogP contribution in [0.4, 0.5) is 0 Å². The summed E-state index contributed by atoms with van der Waals surface area (Å²) in [5, 5.41) is 10.6. The predicted octanol–water partition coefficient (Wildman–Crippen LogP) is 21.1. The Balaban J connectivity index is 5.15. The molecule has 0 aromatic carbocycles. The molecule has 0 bridgehead atoms. The number of aliphatic hydroxyl groups excluding tert-OH is 1. The molecule has 0 heterocycles. The van der Waals surface area contributed by atoms with Crippen LogP contribution < -0.4 is 0 Å². The molecule has 0 spiro atoms. The van der Waals surface area contributed by atoms with E-state index in [0.29, 0.717) is 25.7 Å². The van der Waals surface area contributed by atoms with Crippen molar-refractivity contribution in [1.82, 2.24) is 0 Å². The second kappa shape index (κ2) is 66.7. The fraction of sp³-hybridized carbons (Fsp3) is 0.944. The number of hydrogen-bond donors (Lipinski definition) is 3. The summed E-state index contributed by atoms with van der Waals surface area (Å²) in [6.45, 7) is 4.90. The van der Waals surface area contributed by atoms with Crippen LogP contribution in [0.1, 0.15) is 381 Å². The van der Waals surface area contributed by atoms with E-state index in [2.05, 4.69) is 27.7 Å². The van der Waals surface area contributed by atoms with Crippen LogP contribution in [-0.4, -0.2) is 96.7 Å². The van der Waals surface area contributed by atoms with E-state index < -0.39 is 97.5 Å². The fourth-order valence-electron chi connectivity index (χ4n) is 11.0. The van der Waals surface area contributed by atoms with E-state index in [1.807, 2.05) is 0 Å². The van der Waals surface area contributed by atoms with Gasteiger partial charge in [0.1, 0.15) is 19.3 Å². The highest BCUT2D eigenvalue weighted by molar-refractivity contribution is 7.47. The highest BCUT2D eigenvalue weighted by Crippen LogP contribution is 2.45. The summed E-state index contributed by atoms with van der Waals surface area (Å²) in [4.78, 5) is 72.4. The summed E-state index contributed by atoms with van der Waals surface area (Å²) < 4.78 is 68.2. The summed E-state index contributed by atoms with van der Waals surface area (Å²) >= 11 is 0. The van der Waals surface area contributed by atoms with Crippen LogP contribution in [-0.2, 0) is 65.4 Å². The zero-order chi connectivity index (χ0) is 66.8. The molecular formula is C72H140O17P2. The largest absolute Gasteiger partial charge is 0.472 e. The Morgan fingerprint density at radius 3 is 0.648 bits per heavy atom. The minimum atomic E-state index is -4.95. The van der Waals surface area contributed by atoms with Gasteiger partial charge >= 0.3 is 39.5 Å². The SMILES string of the molecule is CCCCCCCCCCCCCCCCCCCCCCC(=O)O[C@H](COC(=O)CCCCCCCCCCCCCCCCC)COP(=O)(O)OC[C@@H](O)COP(=O)(O)OC[C@@H](COC(=O)CCCCCCCCCC)OC(=O)CCCCCCCCCC. The Morgan fingerprint density at radius 2 is 0.440 bits per heavy atom. The molecule has 0 aliphatic heterocycles. The van der Waals surface area contributed by atoms with Gasteiger partial charge in [-0.15, -0.1) is 0 Å². The van der Waals surface area contributed by atoms with Crippen LogP contribution >= 0.6 is 15.6 Å². The van der Waals surface area contributed by atoms with E-state index in [4.69, 9.17) is 37.0 Å². The van der Waals surface area contributed by atoms with E-state index in [1.165, 1.54) is 199 Å². The number of carbonyl (C=O) groups is 4. The van der Waals surface area contributed by atoms with Crippen molar-refractivity contribution in [3.05, 3.63) is 0 Å². The lowest BCUT2D eigenvalue weighted by Crippen LogP contribution is -2.30. The first-order chi connectivity index (χ1) is 44.2. The van der Waals surface area contributed by atoms with E-state index in [0.717, 1.165) is 103 Å². The first kappa shape index (κ1) is 89.1. The molecule has 2 unspecified atom stereocenters. The molecular weight excluding hydrogens is 1200 g/mol. The third kappa shape index (κ3) is 66.5. The summed E-state index contributed by atoms with van der Waals surface area (Å²) in [7, 11) is -9.89. The average Bonchev–Trinajstić information content (AvgIpc) is 3.74. The van der Waals surface area contributed by atoms with Gasteiger partial charge in [-0.1, -0.05) is 329 Å². The Hall–Kier alpha value is -1.94. The van der Waals surface area contributed by atoms with Gasteiger partial charge in [-0.05, 0) is 25.7 Å². The van der Waals surface area contributed by atoms with E-state index >= 15 is 0 Å². The molecule has 19 heteroatoms. The van der Waals surface area contributed by atoms with Crippen LogP contribution in [0.3, 0.4) is 0 Å². The normalized spacial score (nSPS) is 14.0. The number of esters is 4. The van der Waals surface area contributed by atoms with Crippen molar-refractivity contribution in [2.75, 3.05) is 39.6 Å². The minimum Gasteiger partial charge on any atom is -0.462 e. The van der Waals surface area contributed by atoms with Crippen LogP contribution in [0.2, 0.25) is 0 Å². The van der Waals surface area contributed by atoms with Gasteiger partial charge < -0.3 is 33.8 Å². The summed E-state index contributed by atoms with van der Waals surface area (Å²) in [5.74, 6) is -2.12. The lowest BCUT2D eigenvalue weighted by Gasteiger charge is -2.21. The number of rotatable bonds is 73. The minimum absolute atomic E-state index is 0.105. The van der Waals surface area contributed by atoms with Crippen LogP contribution in [0, 0.1) is 0 Å². The van der Waals surface area contributed by atoms with Gasteiger partial charge in [0.2, 0.25) is 0 Å². The Kier molecular flexibility index (Phi) is 65.2. The molecule has 0 aromatic rings. The molecule has 0 radical (unpaired) electrons. The number of ether oxygens (including phenoxy) is 4. The lowest BCUT2D eigenvalue weighted by molar-refractivity contribution is -0.161. The second-order valence-electron chi connectivity index (χ2n) is 26.0. The molecule has 0 aromatic heterocycles. The molecule has 5 atom stereocenters. The fourth-order valence-corrected chi connectivity index (χ4v) is 12.6. The third-order valence-corrected chi connectivity index (χ3v) is 18.8. The molecule has 0 fully saturated rings. The van der Waals surface area contributed by atoms with Gasteiger partial charge in [-0.3, -0.25) is 37.3 Å². The first-order valence-corrected chi connectivity index (χ1v) is 40.8. The molecule has 91 heavy (non-hydrogen) atoms. The van der Waals surface area contributed by atoms with Crippen molar-refractivity contribution < 1.29 is 80.2 Å². The number of phosphoric acid groups is 2. The van der Waals surface area contributed by atoms with Gasteiger partial charge in [0.05, 0.1) is 26.4 Å². The maximum atomic E-state index is 13.1. The molecule has 540 valence electrons. The smallest absolute Gasteiger partial charge is 0.462 e. The molecule has 17 nitrogen and oxygen atoms in total. The van der Waals surface area contributed by atoms with Crippen molar-refractivity contribution >= 4 is 39.5 Å². The maximum absolute atomic E-state index is 13.1. The molecule has 0 aliphatic carbocycles. The van der Waals surface area contributed by atoms with E-state index in [9.17, 15) is 43.2 Å². The topological polar surface area (TPSA) is 237 Å². The third-order valence-electron chi connectivity index (χ3n) is 16.9. The highest BCUT2D eigenvalue weighted by atomic mass is 31.2. The van der Waals surface area contributed by atoms with Crippen molar-refractivity contribution in [3.63, 3.8) is 0 Å². The number of carbonyl (C=O) groups excluding carboxylic acids is 4. The number of phosphoric ester groups is 2. The quantitative estimate of drug-likeness (QED) is 0.0222. The summed E-state index contributed by atoms with van der Waals surface area (Å²) in [6.07, 6.45) is 55.7. The lowest BCUT2D eigenvalue weighted by atomic mass is 10.0. The van der Waals surface area contributed by atoms with E-state index in [1.54, 1.807) is 0 Å². The molecule has 0 rings (SSSR count). The molecule has 0 saturated heterocycles. The van der Waals surface area contributed by atoms with Gasteiger partial charge in [0.15, 0.2) is 12.2 Å². The number of hydrogen-bond acceptors (Lipinski definition) is 15. The Bertz CT molecular complexity index is 1740. The zero-order valence-corrected chi connectivity index (χ0v) is 60.6. The zero-order valence-electron chi connectivity index (χ0n) is 58.8. The monoisotopic (exact) mass is 1340 g/mol. The Labute approximate surface area is 556 Å². The van der Waals surface area contributed by atoms with Crippen molar-refractivity contribution in [2.45, 2.75) is 399 Å². The van der Waals surface area contributed by atoms with E-state index in [-0.39, 0.29) is 25.7 Å². The first-order valence-electron chi connectivity index (χ1n) is 37.8. The highest BCUT2D eigenvalue weighted by Gasteiger charge is 2.30. The maximum Gasteiger partial charge on any atom is 0.472 e. The molecule has 0 amide bonds. The van der Waals surface area contributed by atoms with Crippen molar-refractivity contribution in [2.24, 2.45) is 0 Å². The molecule has 0 aliphatic rings. The number of aliphatic hydroxyl groups is 1. The Morgan fingerprint density at radius 1 is 0.264 bits per heavy atom. The number of unbranched alkanes of at least 4 members (excludes halogenated alkanes) is 47. The summed E-state index contributed by atoms with van der Waals surface area (Å²) in [5.41, 5.74) is 0. The van der Waals surface area contributed by atoms with Crippen molar-refractivity contribution in [1.29, 1.82) is 0 Å². The van der Waals surface area contributed by atoms with Gasteiger partial charge in [-0.2, -0.15) is 0 Å². The van der Waals surface area contributed by atoms with Gasteiger partial charge in [0, 0.05) is 25.7 Å². The van der Waals surface area contributed by atoms with Gasteiger partial charge in [-0.25, -0.2) is 9.13 Å². The van der Waals surface area contributed by atoms with Gasteiger partial charge in [0.25, 0.3) is 0 Å². The average molecular weight is 1340 g/mol. The summed E-state index contributed by atoms with van der Waals surface area (Å²) in [6, 6.07) is 0.